The van der Waals surface area contributed by atoms with Crippen LogP contribution in [0.1, 0.15) is 18.9 Å². The smallest absolute Gasteiger partial charge is 0.416 e. The second-order valence-electron chi connectivity index (χ2n) is 5.46. The normalized spacial score (nSPS) is 21.2. The zero-order valence-electron chi connectivity index (χ0n) is 12.7. The molecule has 2 N–H and O–H groups in total. The van der Waals surface area contributed by atoms with Crippen molar-refractivity contribution in [2.75, 3.05) is 19.7 Å². The Hall–Kier alpha value is -1.47. The molecule has 0 spiro atoms. The van der Waals surface area contributed by atoms with Crippen LogP contribution in [0.3, 0.4) is 0 Å². The fourth-order valence-corrected chi connectivity index (χ4v) is 2.34. The van der Waals surface area contributed by atoms with Gasteiger partial charge >= 0.3 is 6.18 Å². The molecule has 0 radical (unpaired) electrons. The van der Waals surface area contributed by atoms with Crippen LogP contribution in [0.25, 0.3) is 0 Å². The maximum absolute atomic E-state index is 12.6. The van der Waals surface area contributed by atoms with Gasteiger partial charge in [-0.05, 0) is 37.1 Å². The zero-order valence-corrected chi connectivity index (χ0v) is 13.5. The Balaban J connectivity index is 0.00000264. The van der Waals surface area contributed by atoms with Gasteiger partial charge in [0.25, 0.3) is 5.91 Å². The van der Waals surface area contributed by atoms with Crippen LogP contribution >= 0.6 is 12.4 Å². The molecule has 2 rings (SSSR count). The van der Waals surface area contributed by atoms with Crippen molar-refractivity contribution in [2.24, 2.45) is 5.92 Å². The van der Waals surface area contributed by atoms with E-state index < -0.39 is 11.7 Å². The second-order valence-corrected chi connectivity index (χ2v) is 5.46. The largest absolute Gasteiger partial charge is 0.484 e. The van der Waals surface area contributed by atoms with Gasteiger partial charge in [-0.3, -0.25) is 4.79 Å². The van der Waals surface area contributed by atoms with Gasteiger partial charge in [0.1, 0.15) is 5.75 Å². The summed E-state index contributed by atoms with van der Waals surface area (Å²) in [6.45, 7) is 3.37. The molecule has 1 aromatic rings. The van der Waals surface area contributed by atoms with E-state index >= 15 is 0 Å². The van der Waals surface area contributed by atoms with Crippen LogP contribution in [-0.2, 0) is 11.0 Å². The van der Waals surface area contributed by atoms with Crippen molar-refractivity contribution in [1.82, 2.24) is 10.6 Å². The van der Waals surface area contributed by atoms with E-state index in [1.54, 1.807) is 0 Å². The van der Waals surface area contributed by atoms with Crippen molar-refractivity contribution in [2.45, 2.75) is 25.6 Å². The minimum absolute atomic E-state index is 0. The average Bonchev–Trinajstić information content (AvgIpc) is 2.47. The van der Waals surface area contributed by atoms with E-state index in [0.29, 0.717) is 12.5 Å². The van der Waals surface area contributed by atoms with Gasteiger partial charge in [0.05, 0.1) is 5.56 Å². The number of alkyl halides is 3. The lowest BCUT2D eigenvalue weighted by Gasteiger charge is -2.30. The molecule has 0 bridgehead atoms. The summed E-state index contributed by atoms with van der Waals surface area (Å²) in [4.78, 5) is 11.8. The fraction of sp³-hybridized carbons (Fsp3) is 0.533. The lowest BCUT2D eigenvalue weighted by Crippen LogP contribution is -2.51. The summed E-state index contributed by atoms with van der Waals surface area (Å²) >= 11 is 0. The summed E-state index contributed by atoms with van der Waals surface area (Å²) in [5.74, 6) is 0.0523. The highest BCUT2D eigenvalue weighted by molar-refractivity contribution is 5.85. The van der Waals surface area contributed by atoms with E-state index in [-0.39, 0.29) is 36.7 Å². The maximum atomic E-state index is 12.6. The Labute approximate surface area is 139 Å². The molecule has 1 aromatic carbocycles. The number of carbonyl (C=O) groups is 1. The molecule has 1 amide bonds. The Morgan fingerprint density at radius 3 is 2.83 bits per heavy atom. The third kappa shape index (κ3) is 5.91. The van der Waals surface area contributed by atoms with Crippen molar-refractivity contribution >= 4 is 18.3 Å². The molecular weight excluding hydrogens is 333 g/mol. The number of carbonyl (C=O) groups excluding carboxylic acids is 1. The quantitative estimate of drug-likeness (QED) is 0.876. The molecule has 8 heteroatoms. The van der Waals surface area contributed by atoms with Crippen molar-refractivity contribution in [1.29, 1.82) is 0 Å². The first-order chi connectivity index (χ1) is 10.4. The standard InChI is InChI=1S/C15H19F3N2O2.ClH/c1-10-5-6-19-8-13(10)20-14(21)9-22-12-4-2-3-11(7-12)15(16,17)18;/h2-4,7,10,13,19H,5-6,8-9H2,1H3,(H,20,21);1H. The second kappa shape index (κ2) is 8.40. The summed E-state index contributed by atoms with van der Waals surface area (Å²) < 4.78 is 42.9. The van der Waals surface area contributed by atoms with E-state index in [1.807, 2.05) is 0 Å². The molecule has 1 heterocycles. The molecule has 23 heavy (non-hydrogen) atoms. The molecule has 2 unspecified atom stereocenters. The number of nitrogens with one attached hydrogen (secondary N) is 2. The van der Waals surface area contributed by atoms with Crippen LogP contribution in [-0.4, -0.2) is 31.6 Å². The zero-order chi connectivity index (χ0) is 16.2. The molecule has 1 saturated heterocycles. The summed E-state index contributed by atoms with van der Waals surface area (Å²) in [7, 11) is 0. The Bertz CT molecular complexity index is 526. The third-order valence-electron chi connectivity index (χ3n) is 3.71. The van der Waals surface area contributed by atoms with Gasteiger partial charge in [0.15, 0.2) is 6.61 Å². The summed E-state index contributed by atoms with van der Waals surface area (Å²) in [5.41, 5.74) is -0.796. The van der Waals surface area contributed by atoms with Gasteiger partial charge in [0, 0.05) is 12.6 Å². The van der Waals surface area contributed by atoms with Gasteiger partial charge in [0.2, 0.25) is 0 Å². The van der Waals surface area contributed by atoms with E-state index in [2.05, 4.69) is 17.6 Å². The van der Waals surface area contributed by atoms with E-state index in [1.165, 1.54) is 12.1 Å². The number of hydrogen-bond acceptors (Lipinski definition) is 3. The SMILES string of the molecule is CC1CCNCC1NC(=O)COc1cccc(C(F)(F)F)c1.Cl. The minimum atomic E-state index is -4.43. The monoisotopic (exact) mass is 352 g/mol. The molecule has 1 aliphatic rings. The van der Waals surface area contributed by atoms with E-state index in [4.69, 9.17) is 4.74 Å². The molecule has 1 fully saturated rings. The fourth-order valence-electron chi connectivity index (χ4n) is 2.34. The summed E-state index contributed by atoms with van der Waals surface area (Å²) in [5, 5.41) is 6.02. The summed E-state index contributed by atoms with van der Waals surface area (Å²) in [6.07, 6.45) is -3.45. The van der Waals surface area contributed by atoms with Crippen LogP contribution in [0.15, 0.2) is 24.3 Å². The predicted molar refractivity (Wildman–Crippen MR) is 82.8 cm³/mol. The maximum Gasteiger partial charge on any atom is 0.416 e. The number of piperidine rings is 1. The molecule has 1 aliphatic heterocycles. The highest BCUT2D eigenvalue weighted by atomic mass is 35.5. The van der Waals surface area contributed by atoms with Crippen LogP contribution < -0.4 is 15.4 Å². The van der Waals surface area contributed by atoms with Gasteiger partial charge < -0.3 is 15.4 Å². The number of rotatable bonds is 4. The number of benzene rings is 1. The van der Waals surface area contributed by atoms with Crippen molar-refractivity contribution in [3.63, 3.8) is 0 Å². The molecule has 2 atom stereocenters. The highest BCUT2D eigenvalue weighted by Gasteiger charge is 2.30. The van der Waals surface area contributed by atoms with Crippen LogP contribution in [0.5, 0.6) is 5.75 Å². The third-order valence-corrected chi connectivity index (χ3v) is 3.71. The first-order valence-corrected chi connectivity index (χ1v) is 7.16. The first-order valence-electron chi connectivity index (χ1n) is 7.16. The lowest BCUT2D eigenvalue weighted by molar-refractivity contribution is -0.137. The topological polar surface area (TPSA) is 50.4 Å². The van der Waals surface area contributed by atoms with Crippen LogP contribution in [0, 0.1) is 5.92 Å². The molecular formula is C15H20ClF3N2O2. The predicted octanol–water partition coefficient (Wildman–Crippen LogP) is 2.62. The average molecular weight is 353 g/mol. The van der Waals surface area contributed by atoms with Crippen molar-refractivity contribution in [3.05, 3.63) is 29.8 Å². The van der Waals surface area contributed by atoms with Crippen LogP contribution in [0.2, 0.25) is 0 Å². The highest BCUT2D eigenvalue weighted by Crippen LogP contribution is 2.31. The van der Waals surface area contributed by atoms with Gasteiger partial charge in [-0.15, -0.1) is 12.4 Å². The van der Waals surface area contributed by atoms with Crippen molar-refractivity contribution < 1.29 is 22.7 Å². The Morgan fingerprint density at radius 1 is 1.43 bits per heavy atom. The Morgan fingerprint density at radius 2 is 2.17 bits per heavy atom. The van der Waals surface area contributed by atoms with Gasteiger partial charge in [-0.25, -0.2) is 0 Å². The van der Waals surface area contributed by atoms with Gasteiger partial charge in [-0.1, -0.05) is 13.0 Å². The van der Waals surface area contributed by atoms with Crippen LogP contribution in [0.4, 0.5) is 13.2 Å². The number of amides is 1. The molecule has 0 aromatic heterocycles. The van der Waals surface area contributed by atoms with Crippen molar-refractivity contribution in [3.8, 4) is 5.75 Å². The lowest BCUT2D eigenvalue weighted by atomic mass is 9.95. The molecule has 0 aliphatic carbocycles. The summed E-state index contributed by atoms with van der Waals surface area (Å²) in [6, 6.07) is 4.52. The van der Waals surface area contributed by atoms with Gasteiger partial charge in [-0.2, -0.15) is 13.2 Å². The molecule has 0 saturated carbocycles. The molecule has 4 nitrogen and oxygen atoms in total. The molecule has 130 valence electrons. The first kappa shape index (κ1) is 19.6. The number of ether oxygens (including phenoxy) is 1. The van der Waals surface area contributed by atoms with E-state index in [0.717, 1.165) is 25.1 Å². The minimum Gasteiger partial charge on any atom is -0.484 e. The Kier molecular flexibility index (Phi) is 7.15. The number of halogens is 4. The van der Waals surface area contributed by atoms with E-state index in [9.17, 15) is 18.0 Å². The number of hydrogen-bond donors (Lipinski definition) is 2.